The molecule has 8 heteroatoms. The van der Waals surface area contributed by atoms with Crippen molar-refractivity contribution in [3.05, 3.63) is 54.1 Å². The molecule has 0 aliphatic carbocycles. The van der Waals surface area contributed by atoms with Crippen molar-refractivity contribution in [1.82, 2.24) is 25.2 Å². The van der Waals surface area contributed by atoms with Gasteiger partial charge in [0.15, 0.2) is 5.69 Å². The van der Waals surface area contributed by atoms with E-state index in [4.69, 9.17) is 10.00 Å². The average Bonchev–Trinajstić information content (AvgIpc) is 2.74. The smallest absolute Gasteiger partial charge is 0.272 e. The molecule has 1 aromatic carbocycles. The summed E-state index contributed by atoms with van der Waals surface area (Å²) < 4.78 is 5.67. The maximum atomic E-state index is 12.6. The van der Waals surface area contributed by atoms with E-state index in [1.54, 1.807) is 18.2 Å². The van der Waals surface area contributed by atoms with Gasteiger partial charge in [0.2, 0.25) is 5.88 Å². The van der Waals surface area contributed by atoms with E-state index in [1.807, 2.05) is 23.1 Å². The second kappa shape index (κ2) is 7.35. The molecule has 0 bridgehead atoms. The number of pyridine rings is 1. The van der Waals surface area contributed by atoms with E-state index >= 15 is 0 Å². The molecule has 0 radical (unpaired) electrons. The molecule has 3 heterocycles. The van der Waals surface area contributed by atoms with E-state index in [1.165, 1.54) is 12.4 Å². The first-order chi connectivity index (χ1) is 13.2. The second-order valence-corrected chi connectivity index (χ2v) is 6.05. The summed E-state index contributed by atoms with van der Waals surface area (Å²) in [7, 11) is 0. The number of hydrogen-bond donors (Lipinski definition) is 1. The molecule has 1 amide bonds. The van der Waals surface area contributed by atoms with Crippen LogP contribution in [0.15, 0.2) is 42.7 Å². The average molecular weight is 360 g/mol. The summed E-state index contributed by atoms with van der Waals surface area (Å²) in [5.74, 6) is 0.822. The number of ether oxygens (including phenoxy) is 1. The fraction of sp³-hybridized carbons (Fsp3) is 0.211. The number of carbonyl (C=O) groups excluding carboxylic acids is 1. The molecule has 8 nitrogen and oxygen atoms in total. The third-order valence-corrected chi connectivity index (χ3v) is 4.25. The van der Waals surface area contributed by atoms with Crippen molar-refractivity contribution in [2.75, 3.05) is 26.2 Å². The summed E-state index contributed by atoms with van der Waals surface area (Å²) in [6.07, 6.45) is 2.75. The summed E-state index contributed by atoms with van der Waals surface area (Å²) in [4.78, 5) is 26.8. The lowest BCUT2D eigenvalue weighted by Gasteiger charge is -2.27. The van der Waals surface area contributed by atoms with Gasteiger partial charge in [0.1, 0.15) is 17.5 Å². The molecule has 0 unspecified atom stereocenters. The van der Waals surface area contributed by atoms with Crippen molar-refractivity contribution in [2.24, 2.45) is 0 Å². The highest BCUT2D eigenvalue weighted by molar-refractivity contribution is 5.95. The number of fused-ring (bicyclic) bond motifs is 1. The molecule has 1 aliphatic heterocycles. The van der Waals surface area contributed by atoms with Gasteiger partial charge in [-0.05, 0) is 24.3 Å². The monoisotopic (exact) mass is 360 g/mol. The van der Waals surface area contributed by atoms with Gasteiger partial charge >= 0.3 is 0 Å². The first-order valence-electron chi connectivity index (χ1n) is 8.54. The Balaban J connectivity index is 1.54. The summed E-state index contributed by atoms with van der Waals surface area (Å²) in [5.41, 5.74) is 1.39. The Kier molecular flexibility index (Phi) is 4.60. The lowest BCUT2D eigenvalue weighted by Crippen LogP contribution is -2.46. The van der Waals surface area contributed by atoms with Crippen LogP contribution in [0.25, 0.3) is 10.9 Å². The van der Waals surface area contributed by atoms with Gasteiger partial charge in [-0.15, -0.1) is 0 Å². The Morgan fingerprint density at radius 3 is 2.74 bits per heavy atom. The molecule has 0 saturated carbocycles. The zero-order chi connectivity index (χ0) is 18.6. The van der Waals surface area contributed by atoms with Gasteiger partial charge in [-0.1, -0.05) is 6.07 Å². The van der Waals surface area contributed by atoms with Crippen molar-refractivity contribution in [3.63, 3.8) is 0 Å². The molecule has 0 atom stereocenters. The van der Waals surface area contributed by atoms with Crippen molar-refractivity contribution < 1.29 is 9.53 Å². The number of nitriles is 1. The summed E-state index contributed by atoms with van der Waals surface area (Å²) in [5, 5.41) is 12.8. The summed E-state index contributed by atoms with van der Waals surface area (Å²) in [6.45, 7) is 2.99. The van der Waals surface area contributed by atoms with Crippen LogP contribution in [0.2, 0.25) is 0 Å². The highest BCUT2D eigenvalue weighted by Gasteiger charge is 2.19. The van der Waals surface area contributed by atoms with E-state index in [0.717, 1.165) is 18.5 Å². The van der Waals surface area contributed by atoms with E-state index in [-0.39, 0.29) is 11.6 Å². The molecule has 4 rings (SSSR count). The molecule has 1 aliphatic rings. The van der Waals surface area contributed by atoms with E-state index in [2.05, 4.69) is 20.3 Å². The maximum Gasteiger partial charge on any atom is 0.272 e. The lowest BCUT2D eigenvalue weighted by molar-refractivity contribution is 0.0730. The predicted molar refractivity (Wildman–Crippen MR) is 97.3 cm³/mol. The van der Waals surface area contributed by atoms with Crippen molar-refractivity contribution in [3.8, 4) is 17.7 Å². The Morgan fingerprint density at radius 2 is 2.00 bits per heavy atom. The van der Waals surface area contributed by atoms with Gasteiger partial charge in [0, 0.05) is 31.6 Å². The number of aromatic nitrogens is 3. The van der Waals surface area contributed by atoms with Gasteiger partial charge in [-0.25, -0.2) is 15.0 Å². The highest BCUT2D eigenvalue weighted by atomic mass is 16.5. The minimum absolute atomic E-state index is 0.0495. The number of carbonyl (C=O) groups is 1. The number of hydrogen-bond acceptors (Lipinski definition) is 7. The van der Waals surface area contributed by atoms with E-state index < -0.39 is 0 Å². The quantitative estimate of drug-likeness (QED) is 0.758. The molecule has 1 saturated heterocycles. The van der Waals surface area contributed by atoms with Crippen LogP contribution in [-0.4, -0.2) is 51.9 Å². The van der Waals surface area contributed by atoms with Crippen LogP contribution in [0, 0.1) is 11.3 Å². The number of nitrogens with one attached hydrogen (secondary N) is 1. The van der Waals surface area contributed by atoms with Gasteiger partial charge in [0.05, 0.1) is 17.9 Å². The third-order valence-electron chi connectivity index (χ3n) is 4.25. The van der Waals surface area contributed by atoms with Gasteiger partial charge in [0.25, 0.3) is 5.91 Å². The number of piperazine rings is 1. The van der Waals surface area contributed by atoms with Crippen molar-refractivity contribution in [1.29, 1.82) is 5.26 Å². The molecule has 1 N–H and O–H groups in total. The van der Waals surface area contributed by atoms with Gasteiger partial charge < -0.3 is 15.0 Å². The molecular formula is C19H16N6O2. The van der Waals surface area contributed by atoms with Gasteiger partial charge in [-0.2, -0.15) is 5.26 Å². The van der Waals surface area contributed by atoms with Gasteiger partial charge in [-0.3, -0.25) is 4.79 Å². The number of nitrogens with zero attached hydrogens (tertiary/aromatic N) is 5. The molecular weight excluding hydrogens is 344 g/mol. The first-order valence-corrected chi connectivity index (χ1v) is 8.54. The Labute approximate surface area is 155 Å². The first kappa shape index (κ1) is 16.9. The zero-order valence-electron chi connectivity index (χ0n) is 14.4. The van der Waals surface area contributed by atoms with Crippen molar-refractivity contribution in [2.45, 2.75) is 0 Å². The summed E-state index contributed by atoms with van der Waals surface area (Å²) >= 11 is 0. The number of rotatable bonds is 3. The Hall–Kier alpha value is -3.57. The number of benzene rings is 1. The molecule has 0 spiro atoms. The molecule has 27 heavy (non-hydrogen) atoms. The highest BCUT2D eigenvalue weighted by Crippen LogP contribution is 2.24. The standard InChI is InChI=1S/C19H16N6O2/c20-10-14-11-23-18(12-22-14)27-15-2-4-16-13(9-15)1-3-17(24-16)19(26)25-7-5-21-6-8-25/h1-4,9,11-12,21H,5-8H2. The SMILES string of the molecule is N#Cc1cnc(Oc2ccc3nc(C(=O)N4CCNCC4)ccc3c2)cn1. The van der Waals surface area contributed by atoms with Crippen LogP contribution in [0.1, 0.15) is 16.2 Å². The summed E-state index contributed by atoms with van der Waals surface area (Å²) in [6, 6.07) is 10.9. The van der Waals surface area contributed by atoms with Crippen LogP contribution >= 0.6 is 0 Å². The van der Waals surface area contributed by atoms with Crippen LogP contribution in [0.3, 0.4) is 0 Å². The maximum absolute atomic E-state index is 12.6. The van der Waals surface area contributed by atoms with Crippen LogP contribution in [0.5, 0.6) is 11.6 Å². The van der Waals surface area contributed by atoms with Crippen LogP contribution in [-0.2, 0) is 0 Å². The Bertz CT molecular complexity index is 1020. The normalized spacial score (nSPS) is 14.0. The fourth-order valence-corrected chi connectivity index (χ4v) is 2.86. The minimum Gasteiger partial charge on any atom is -0.437 e. The lowest BCUT2D eigenvalue weighted by atomic mass is 10.2. The molecule has 2 aromatic heterocycles. The molecule has 134 valence electrons. The van der Waals surface area contributed by atoms with Crippen molar-refractivity contribution >= 4 is 16.8 Å². The predicted octanol–water partition coefficient (Wildman–Crippen LogP) is 1.73. The topological polar surface area (TPSA) is 104 Å². The zero-order valence-corrected chi connectivity index (χ0v) is 14.4. The minimum atomic E-state index is -0.0495. The fourth-order valence-electron chi connectivity index (χ4n) is 2.86. The number of amides is 1. The van der Waals surface area contributed by atoms with E-state index in [0.29, 0.717) is 35.9 Å². The molecule has 1 fully saturated rings. The largest absolute Gasteiger partial charge is 0.437 e. The van der Waals surface area contributed by atoms with E-state index in [9.17, 15) is 4.79 Å². The van der Waals surface area contributed by atoms with Crippen LogP contribution in [0.4, 0.5) is 0 Å². The second-order valence-electron chi connectivity index (χ2n) is 6.05. The Morgan fingerprint density at radius 1 is 1.15 bits per heavy atom. The molecule has 3 aromatic rings. The van der Waals surface area contributed by atoms with Crippen LogP contribution < -0.4 is 10.1 Å². The third kappa shape index (κ3) is 3.68.